The van der Waals surface area contributed by atoms with Crippen LogP contribution in [-0.2, 0) is 0 Å². The number of nitrogens with zero attached hydrogens (tertiary/aromatic N) is 1. The lowest BCUT2D eigenvalue weighted by molar-refractivity contribution is 0.223. The molecule has 2 heteroatoms. The van der Waals surface area contributed by atoms with E-state index in [1.807, 2.05) is 0 Å². The first-order valence-electron chi connectivity index (χ1n) is 5.54. The minimum atomic E-state index is 0.285. The zero-order valence-corrected chi connectivity index (χ0v) is 9.69. The van der Waals surface area contributed by atoms with Crippen LogP contribution in [0.2, 0.25) is 0 Å². The van der Waals surface area contributed by atoms with E-state index in [1.165, 1.54) is 38.5 Å². The average Bonchev–Trinajstić information content (AvgIpc) is 2.29. The largest absolute Gasteiger partial charge is 0.302 e. The second-order valence-electron chi connectivity index (χ2n) is 4.37. The van der Waals surface area contributed by atoms with E-state index in [2.05, 4.69) is 18.9 Å². The third-order valence-corrected chi connectivity index (χ3v) is 3.13. The van der Waals surface area contributed by atoms with Crippen LogP contribution in [0.5, 0.6) is 0 Å². The van der Waals surface area contributed by atoms with E-state index < -0.39 is 0 Å². The Balaban J connectivity index is 2.30. The summed E-state index contributed by atoms with van der Waals surface area (Å²) in [4.78, 5) is 2.45. The quantitative estimate of drug-likeness (QED) is 0.503. The van der Waals surface area contributed by atoms with Gasteiger partial charge in [-0.3, -0.25) is 0 Å². The van der Waals surface area contributed by atoms with Crippen molar-refractivity contribution in [1.82, 2.24) is 4.90 Å². The van der Waals surface area contributed by atoms with E-state index in [4.69, 9.17) is 11.6 Å². The van der Waals surface area contributed by atoms with Gasteiger partial charge in [0.2, 0.25) is 0 Å². The van der Waals surface area contributed by atoms with E-state index in [-0.39, 0.29) is 5.38 Å². The fourth-order valence-electron chi connectivity index (χ4n) is 2.24. The molecule has 0 amide bonds. The molecule has 0 spiro atoms. The first-order valence-corrected chi connectivity index (χ1v) is 5.98. The Morgan fingerprint density at radius 3 is 2.23 bits per heavy atom. The van der Waals surface area contributed by atoms with Crippen molar-refractivity contribution in [1.29, 1.82) is 0 Å². The number of hydrogen-bond donors (Lipinski definition) is 0. The van der Waals surface area contributed by atoms with Crippen LogP contribution in [0.15, 0.2) is 0 Å². The van der Waals surface area contributed by atoms with E-state index in [9.17, 15) is 0 Å². The second-order valence-corrected chi connectivity index (χ2v) is 5.11. The molecule has 0 N–H and O–H groups in total. The van der Waals surface area contributed by atoms with Gasteiger partial charge < -0.3 is 4.90 Å². The molecule has 0 aliphatic heterocycles. The third-order valence-electron chi connectivity index (χ3n) is 2.99. The van der Waals surface area contributed by atoms with Crippen molar-refractivity contribution >= 4 is 11.6 Å². The van der Waals surface area contributed by atoms with E-state index in [1.54, 1.807) is 0 Å². The lowest BCUT2D eigenvalue weighted by Gasteiger charge is -2.27. The van der Waals surface area contributed by atoms with Crippen LogP contribution in [0.25, 0.3) is 0 Å². The Kier molecular flexibility index (Phi) is 5.12. The van der Waals surface area contributed by atoms with Crippen molar-refractivity contribution in [2.75, 3.05) is 13.6 Å². The van der Waals surface area contributed by atoms with Crippen molar-refractivity contribution in [3.8, 4) is 0 Å². The SMILES string of the molecule is CC(Cl)CN(C)C1CCCCCC1. The van der Waals surface area contributed by atoms with Gasteiger partial charge in [-0.25, -0.2) is 0 Å². The van der Waals surface area contributed by atoms with Gasteiger partial charge in [-0.1, -0.05) is 25.7 Å². The Morgan fingerprint density at radius 1 is 1.23 bits per heavy atom. The summed E-state index contributed by atoms with van der Waals surface area (Å²) in [6, 6.07) is 0.795. The van der Waals surface area contributed by atoms with Crippen molar-refractivity contribution in [2.45, 2.75) is 56.9 Å². The van der Waals surface area contributed by atoms with Gasteiger partial charge in [0.1, 0.15) is 0 Å². The zero-order valence-electron chi connectivity index (χ0n) is 8.93. The molecule has 13 heavy (non-hydrogen) atoms. The molecule has 1 fully saturated rings. The van der Waals surface area contributed by atoms with Crippen molar-refractivity contribution < 1.29 is 0 Å². The minimum absolute atomic E-state index is 0.285. The van der Waals surface area contributed by atoms with Crippen molar-refractivity contribution in [3.63, 3.8) is 0 Å². The van der Waals surface area contributed by atoms with Gasteiger partial charge in [0.15, 0.2) is 0 Å². The minimum Gasteiger partial charge on any atom is -0.302 e. The number of alkyl halides is 1. The molecule has 0 heterocycles. The summed E-state index contributed by atoms with van der Waals surface area (Å²) >= 11 is 5.99. The monoisotopic (exact) mass is 203 g/mol. The molecule has 1 aliphatic rings. The summed E-state index contributed by atoms with van der Waals surface area (Å²) in [5.41, 5.74) is 0. The van der Waals surface area contributed by atoms with Gasteiger partial charge in [-0.15, -0.1) is 11.6 Å². The molecule has 0 radical (unpaired) electrons. The lowest BCUT2D eigenvalue weighted by Crippen LogP contribution is -2.34. The van der Waals surface area contributed by atoms with Crippen LogP contribution in [0, 0.1) is 0 Å². The fraction of sp³-hybridized carbons (Fsp3) is 1.00. The predicted molar refractivity (Wildman–Crippen MR) is 59.4 cm³/mol. The topological polar surface area (TPSA) is 3.24 Å². The first kappa shape index (κ1) is 11.3. The molecule has 0 saturated heterocycles. The molecule has 1 nitrogen and oxygen atoms in total. The molecule has 1 atom stereocenters. The van der Waals surface area contributed by atoms with Crippen LogP contribution in [0.4, 0.5) is 0 Å². The van der Waals surface area contributed by atoms with E-state index in [0.29, 0.717) is 0 Å². The van der Waals surface area contributed by atoms with Crippen LogP contribution in [-0.4, -0.2) is 29.9 Å². The molecular formula is C11H22ClN. The van der Waals surface area contributed by atoms with Crippen molar-refractivity contribution in [2.24, 2.45) is 0 Å². The maximum atomic E-state index is 5.99. The molecule has 0 aromatic carbocycles. The van der Waals surface area contributed by atoms with Gasteiger partial charge in [0.05, 0.1) is 0 Å². The average molecular weight is 204 g/mol. The van der Waals surface area contributed by atoms with Gasteiger partial charge in [-0.05, 0) is 26.8 Å². The normalized spacial score (nSPS) is 23.1. The Labute approximate surface area is 87.4 Å². The van der Waals surface area contributed by atoms with E-state index >= 15 is 0 Å². The summed E-state index contributed by atoms with van der Waals surface area (Å²) in [6.07, 6.45) is 8.43. The maximum Gasteiger partial charge on any atom is 0.0435 e. The number of halogens is 1. The van der Waals surface area contributed by atoms with Crippen LogP contribution in [0.3, 0.4) is 0 Å². The van der Waals surface area contributed by atoms with Crippen LogP contribution in [0.1, 0.15) is 45.4 Å². The van der Waals surface area contributed by atoms with Gasteiger partial charge in [-0.2, -0.15) is 0 Å². The Hall–Kier alpha value is 0.250. The molecule has 1 unspecified atom stereocenters. The summed E-state index contributed by atoms with van der Waals surface area (Å²) in [5, 5.41) is 0.285. The van der Waals surface area contributed by atoms with Crippen LogP contribution < -0.4 is 0 Å². The predicted octanol–water partition coefficient (Wildman–Crippen LogP) is 3.27. The molecule has 1 aliphatic carbocycles. The number of rotatable bonds is 3. The molecule has 0 aromatic rings. The third kappa shape index (κ3) is 4.33. The second kappa shape index (κ2) is 5.87. The van der Waals surface area contributed by atoms with Crippen LogP contribution >= 0.6 is 11.6 Å². The molecule has 0 bridgehead atoms. The molecule has 0 aromatic heterocycles. The fourth-order valence-corrected chi connectivity index (χ4v) is 2.46. The number of hydrogen-bond acceptors (Lipinski definition) is 1. The highest BCUT2D eigenvalue weighted by Gasteiger charge is 2.17. The highest BCUT2D eigenvalue weighted by molar-refractivity contribution is 6.20. The highest BCUT2D eigenvalue weighted by Crippen LogP contribution is 2.21. The van der Waals surface area contributed by atoms with Crippen molar-refractivity contribution in [3.05, 3.63) is 0 Å². The maximum absolute atomic E-state index is 5.99. The molecule has 1 rings (SSSR count). The standard InChI is InChI=1S/C11H22ClN/c1-10(12)9-13(2)11-7-5-3-4-6-8-11/h10-11H,3-9H2,1-2H3. The van der Waals surface area contributed by atoms with Gasteiger partial charge >= 0.3 is 0 Å². The summed E-state index contributed by atoms with van der Waals surface area (Å²) in [5.74, 6) is 0. The lowest BCUT2D eigenvalue weighted by atomic mass is 10.1. The summed E-state index contributed by atoms with van der Waals surface area (Å²) in [7, 11) is 2.22. The zero-order chi connectivity index (χ0) is 9.68. The summed E-state index contributed by atoms with van der Waals surface area (Å²) < 4.78 is 0. The Bertz CT molecular complexity index is 128. The van der Waals surface area contributed by atoms with E-state index in [0.717, 1.165) is 12.6 Å². The van der Waals surface area contributed by atoms with Gasteiger partial charge in [0, 0.05) is 18.0 Å². The molecular weight excluding hydrogens is 182 g/mol. The molecule has 1 saturated carbocycles. The summed E-state index contributed by atoms with van der Waals surface area (Å²) in [6.45, 7) is 3.11. The smallest absolute Gasteiger partial charge is 0.0435 e. The molecule has 78 valence electrons. The Morgan fingerprint density at radius 2 is 1.77 bits per heavy atom. The van der Waals surface area contributed by atoms with Gasteiger partial charge in [0.25, 0.3) is 0 Å². The first-order chi connectivity index (χ1) is 6.20. The highest BCUT2D eigenvalue weighted by atomic mass is 35.5.